The first-order chi connectivity index (χ1) is 9.37. The van der Waals surface area contributed by atoms with E-state index in [0.717, 1.165) is 4.31 Å². The number of nitrogens with zero attached hydrogens (tertiary/aromatic N) is 1. The second kappa shape index (κ2) is 9.71. The van der Waals surface area contributed by atoms with Crippen LogP contribution in [0.15, 0.2) is 0 Å². The van der Waals surface area contributed by atoms with Crippen molar-refractivity contribution in [3.8, 4) is 0 Å². The van der Waals surface area contributed by atoms with Gasteiger partial charge < -0.3 is 9.47 Å². The topological polar surface area (TPSA) is 90.0 Å². The summed E-state index contributed by atoms with van der Waals surface area (Å²) in [6.07, 6.45) is 0.344. The van der Waals surface area contributed by atoms with Gasteiger partial charge in [-0.1, -0.05) is 6.92 Å². The monoisotopic (exact) mass is 309 g/mol. The molecule has 0 bridgehead atoms. The highest BCUT2D eigenvalue weighted by molar-refractivity contribution is 7.89. The summed E-state index contributed by atoms with van der Waals surface area (Å²) in [5.41, 5.74) is 0. The molecule has 0 radical (unpaired) electrons. The summed E-state index contributed by atoms with van der Waals surface area (Å²) in [4.78, 5) is 22.6. The quantitative estimate of drug-likeness (QED) is 0.547. The summed E-state index contributed by atoms with van der Waals surface area (Å²) < 4.78 is 34.6. The average Bonchev–Trinajstić information content (AvgIpc) is 2.37. The predicted octanol–water partition coefficient (Wildman–Crippen LogP) is 0.544. The largest absolute Gasteiger partial charge is 0.466 e. The van der Waals surface area contributed by atoms with Crippen molar-refractivity contribution < 1.29 is 27.5 Å². The Labute approximate surface area is 120 Å². The van der Waals surface area contributed by atoms with Gasteiger partial charge in [0.15, 0.2) is 0 Å². The van der Waals surface area contributed by atoms with E-state index < -0.39 is 22.0 Å². The molecule has 0 aromatic rings. The zero-order valence-corrected chi connectivity index (χ0v) is 13.1. The number of hydrogen-bond acceptors (Lipinski definition) is 6. The van der Waals surface area contributed by atoms with E-state index in [4.69, 9.17) is 4.74 Å². The first-order valence-corrected chi connectivity index (χ1v) is 8.27. The van der Waals surface area contributed by atoms with Gasteiger partial charge in [-0.05, 0) is 20.3 Å². The van der Waals surface area contributed by atoms with E-state index in [0.29, 0.717) is 6.42 Å². The minimum absolute atomic E-state index is 0.196. The predicted molar refractivity (Wildman–Crippen MR) is 73.5 cm³/mol. The molecule has 0 aliphatic carbocycles. The molecule has 7 nitrogen and oxygen atoms in total. The molecule has 0 unspecified atom stereocenters. The van der Waals surface area contributed by atoms with Gasteiger partial charge in [-0.25, -0.2) is 8.42 Å². The molecule has 0 spiro atoms. The summed E-state index contributed by atoms with van der Waals surface area (Å²) in [5.74, 6) is -1.53. The zero-order chi connectivity index (χ0) is 15.6. The van der Waals surface area contributed by atoms with Gasteiger partial charge in [-0.2, -0.15) is 4.31 Å². The molecule has 0 heterocycles. The van der Waals surface area contributed by atoms with E-state index in [1.165, 1.54) is 0 Å². The summed E-state index contributed by atoms with van der Waals surface area (Å²) in [6, 6.07) is 0. The maximum atomic E-state index is 12.1. The van der Waals surface area contributed by atoms with Crippen molar-refractivity contribution in [3.05, 3.63) is 0 Å². The van der Waals surface area contributed by atoms with Gasteiger partial charge in [0.1, 0.15) is 6.54 Å². The molecule has 8 heteroatoms. The second-order valence-corrected chi connectivity index (χ2v) is 6.10. The number of carbonyl (C=O) groups excluding carboxylic acids is 2. The average molecular weight is 309 g/mol. The molecule has 0 amide bonds. The van der Waals surface area contributed by atoms with Crippen molar-refractivity contribution in [1.82, 2.24) is 4.31 Å². The van der Waals surface area contributed by atoms with Crippen LogP contribution >= 0.6 is 0 Å². The van der Waals surface area contributed by atoms with Gasteiger partial charge >= 0.3 is 11.9 Å². The molecule has 118 valence electrons. The van der Waals surface area contributed by atoms with Crippen LogP contribution in [0.25, 0.3) is 0 Å². The molecule has 0 saturated heterocycles. The van der Waals surface area contributed by atoms with Crippen LogP contribution in [0.2, 0.25) is 0 Å². The molecule has 0 fully saturated rings. The van der Waals surface area contributed by atoms with Crippen molar-refractivity contribution in [1.29, 1.82) is 0 Å². The lowest BCUT2D eigenvalue weighted by Crippen LogP contribution is -2.39. The van der Waals surface area contributed by atoms with Crippen molar-refractivity contribution >= 4 is 22.0 Å². The van der Waals surface area contributed by atoms with E-state index >= 15 is 0 Å². The highest BCUT2D eigenvalue weighted by atomic mass is 32.2. The molecule has 0 aromatic heterocycles. The van der Waals surface area contributed by atoms with Crippen LogP contribution in [-0.4, -0.2) is 56.7 Å². The van der Waals surface area contributed by atoms with E-state index in [2.05, 4.69) is 4.74 Å². The van der Waals surface area contributed by atoms with E-state index in [-0.39, 0.29) is 38.5 Å². The number of rotatable bonds is 10. The molecule has 0 N–H and O–H groups in total. The Hall–Kier alpha value is -1.15. The van der Waals surface area contributed by atoms with Crippen LogP contribution in [0.1, 0.15) is 33.6 Å². The van der Waals surface area contributed by atoms with Crippen molar-refractivity contribution in [3.63, 3.8) is 0 Å². The lowest BCUT2D eigenvalue weighted by Gasteiger charge is -2.20. The Morgan fingerprint density at radius 1 is 1.00 bits per heavy atom. The molecular formula is C12H23NO6S. The molecule has 0 aliphatic rings. The smallest absolute Gasteiger partial charge is 0.321 e. The van der Waals surface area contributed by atoms with Crippen LogP contribution in [0.5, 0.6) is 0 Å². The zero-order valence-electron chi connectivity index (χ0n) is 12.3. The fourth-order valence-electron chi connectivity index (χ4n) is 1.49. The Bertz CT molecular complexity index is 406. The van der Waals surface area contributed by atoms with Crippen LogP contribution in [0.4, 0.5) is 0 Å². The minimum atomic E-state index is -3.68. The first-order valence-electron chi connectivity index (χ1n) is 6.66. The van der Waals surface area contributed by atoms with Gasteiger partial charge in [0, 0.05) is 6.54 Å². The molecule has 0 saturated carbocycles. The van der Waals surface area contributed by atoms with Crippen LogP contribution in [0.3, 0.4) is 0 Å². The Morgan fingerprint density at radius 2 is 1.55 bits per heavy atom. The molecule has 0 rings (SSSR count). The van der Waals surface area contributed by atoms with Gasteiger partial charge in [-0.3, -0.25) is 9.59 Å². The molecule has 0 aromatic carbocycles. The van der Waals surface area contributed by atoms with Crippen LogP contribution in [-0.2, 0) is 29.1 Å². The third-order valence-corrected chi connectivity index (χ3v) is 4.17. The molecule has 0 atom stereocenters. The highest BCUT2D eigenvalue weighted by Crippen LogP contribution is 2.06. The van der Waals surface area contributed by atoms with Crippen molar-refractivity contribution in [2.75, 3.05) is 32.1 Å². The van der Waals surface area contributed by atoms with E-state index in [9.17, 15) is 18.0 Å². The first kappa shape index (κ1) is 18.9. The highest BCUT2D eigenvalue weighted by Gasteiger charge is 2.25. The Balaban J connectivity index is 4.62. The maximum absolute atomic E-state index is 12.1. The lowest BCUT2D eigenvalue weighted by molar-refractivity contribution is -0.143. The van der Waals surface area contributed by atoms with Crippen LogP contribution in [0, 0.1) is 0 Å². The van der Waals surface area contributed by atoms with Gasteiger partial charge in [0.25, 0.3) is 0 Å². The summed E-state index contributed by atoms with van der Waals surface area (Å²) in [6.45, 7) is 5.39. The van der Waals surface area contributed by atoms with E-state index in [1.54, 1.807) is 20.8 Å². The summed E-state index contributed by atoms with van der Waals surface area (Å²) >= 11 is 0. The number of ether oxygens (including phenoxy) is 2. The Kier molecular flexibility index (Phi) is 9.15. The maximum Gasteiger partial charge on any atom is 0.321 e. The standard InChI is InChI=1S/C12H23NO6S/c1-4-8-13(10-12(15)19-6-3)20(16,17)9-7-11(14)18-5-2/h4-10H2,1-3H3. The fraction of sp³-hybridized carbons (Fsp3) is 0.833. The van der Waals surface area contributed by atoms with Gasteiger partial charge in [0.05, 0.1) is 25.4 Å². The third-order valence-electron chi connectivity index (χ3n) is 2.35. The molecule has 0 aliphatic heterocycles. The second-order valence-electron chi connectivity index (χ2n) is 4.01. The molecule has 20 heavy (non-hydrogen) atoms. The summed E-state index contributed by atoms with van der Waals surface area (Å²) in [7, 11) is -3.68. The third kappa shape index (κ3) is 7.44. The SMILES string of the molecule is CCCN(CC(=O)OCC)S(=O)(=O)CCC(=O)OCC. The Morgan fingerprint density at radius 3 is 2.05 bits per heavy atom. The normalized spacial score (nSPS) is 11.4. The van der Waals surface area contributed by atoms with Gasteiger partial charge in [-0.15, -0.1) is 0 Å². The fourth-order valence-corrected chi connectivity index (χ4v) is 2.94. The number of carbonyl (C=O) groups is 2. The van der Waals surface area contributed by atoms with Crippen molar-refractivity contribution in [2.24, 2.45) is 0 Å². The number of hydrogen-bond donors (Lipinski definition) is 0. The molecular weight excluding hydrogens is 286 g/mol. The van der Waals surface area contributed by atoms with Crippen LogP contribution < -0.4 is 0 Å². The number of esters is 2. The number of sulfonamides is 1. The van der Waals surface area contributed by atoms with E-state index in [1.807, 2.05) is 0 Å². The summed E-state index contributed by atoms with van der Waals surface area (Å²) in [5, 5.41) is 0. The minimum Gasteiger partial charge on any atom is -0.466 e. The lowest BCUT2D eigenvalue weighted by atomic mass is 10.5. The van der Waals surface area contributed by atoms with Crippen molar-refractivity contribution in [2.45, 2.75) is 33.6 Å². The van der Waals surface area contributed by atoms with Gasteiger partial charge in [0.2, 0.25) is 10.0 Å².